The summed E-state index contributed by atoms with van der Waals surface area (Å²) >= 11 is 1.60. The van der Waals surface area contributed by atoms with E-state index < -0.39 is 0 Å². The molecule has 1 fully saturated rings. The standard InChI is InChI=1S/C21H34N2O2S/c1-16(2)19(23-10-12-25-13-11-23)14-22-20(24)15-26-18-8-6-17(7-9-18)21(3,4)5/h6-9,16,19H,10-15H2,1-5H3,(H,22,24). The molecule has 1 saturated heterocycles. The first-order valence-corrected chi connectivity index (χ1v) is 10.6. The van der Waals surface area contributed by atoms with Gasteiger partial charge in [0.25, 0.3) is 0 Å². The van der Waals surface area contributed by atoms with Crippen molar-refractivity contribution in [3.63, 3.8) is 0 Å². The van der Waals surface area contributed by atoms with Gasteiger partial charge in [-0.3, -0.25) is 9.69 Å². The highest BCUT2D eigenvalue weighted by Gasteiger charge is 2.24. The number of rotatable bonds is 7. The zero-order valence-corrected chi connectivity index (χ0v) is 17.7. The lowest BCUT2D eigenvalue weighted by atomic mass is 9.87. The van der Waals surface area contributed by atoms with Crippen molar-refractivity contribution in [1.82, 2.24) is 10.2 Å². The molecule has 1 aliphatic rings. The molecule has 0 saturated carbocycles. The second kappa shape index (κ2) is 9.77. The van der Waals surface area contributed by atoms with Crippen molar-refractivity contribution in [3.05, 3.63) is 29.8 Å². The molecule has 146 valence electrons. The molecule has 0 spiro atoms. The Morgan fingerprint density at radius 1 is 1.19 bits per heavy atom. The zero-order chi connectivity index (χ0) is 19.2. The van der Waals surface area contributed by atoms with E-state index >= 15 is 0 Å². The highest BCUT2D eigenvalue weighted by atomic mass is 32.2. The van der Waals surface area contributed by atoms with Crippen LogP contribution in [0.4, 0.5) is 0 Å². The molecule has 1 atom stereocenters. The minimum atomic E-state index is 0.105. The maximum atomic E-state index is 12.3. The van der Waals surface area contributed by atoms with Gasteiger partial charge in [0.2, 0.25) is 5.91 Å². The van der Waals surface area contributed by atoms with Gasteiger partial charge in [0.1, 0.15) is 0 Å². The number of amides is 1. The number of carbonyl (C=O) groups excluding carboxylic acids is 1. The van der Waals surface area contributed by atoms with E-state index in [1.54, 1.807) is 11.8 Å². The Bertz CT molecular complexity index is 560. The Morgan fingerprint density at radius 3 is 2.35 bits per heavy atom. The van der Waals surface area contributed by atoms with Gasteiger partial charge in [-0.2, -0.15) is 0 Å². The van der Waals surface area contributed by atoms with E-state index in [1.165, 1.54) is 5.56 Å². The average Bonchev–Trinajstić information content (AvgIpc) is 2.60. The predicted octanol–water partition coefficient (Wildman–Crippen LogP) is 3.55. The third-order valence-corrected chi connectivity index (χ3v) is 5.89. The number of ether oxygens (including phenoxy) is 1. The van der Waals surface area contributed by atoms with Gasteiger partial charge in [-0.1, -0.05) is 46.8 Å². The van der Waals surface area contributed by atoms with Crippen LogP contribution < -0.4 is 5.32 Å². The van der Waals surface area contributed by atoms with Crippen molar-refractivity contribution in [3.8, 4) is 0 Å². The molecule has 1 amide bonds. The van der Waals surface area contributed by atoms with Crippen LogP contribution >= 0.6 is 11.8 Å². The van der Waals surface area contributed by atoms with Gasteiger partial charge in [0, 0.05) is 30.6 Å². The van der Waals surface area contributed by atoms with Crippen LogP contribution in [0.15, 0.2) is 29.2 Å². The van der Waals surface area contributed by atoms with Crippen molar-refractivity contribution in [2.75, 3.05) is 38.6 Å². The fourth-order valence-corrected chi connectivity index (χ4v) is 3.89. The van der Waals surface area contributed by atoms with E-state index in [-0.39, 0.29) is 11.3 Å². The first-order valence-electron chi connectivity index (χ1n) is 9.59. The number of nitrogens with zero attached hydrogens (tertiary/aromatic N) is 1. The largest absolute Gasteiger partial charge is 0.379 e. The Labute approximate surface area is 163 Å². The van der Waals surface area contributed by atoms with Crippen molar-refractivity contribution in [2.24, 2.45) is 5.92 Å². The number of thioether (sulfide) groups is 1. The smallest absolute Gasteiger partial charge is 0.230 e. The SMILES string of the molecule is CC(C)C(CNC(=O)CSc1ccc(C(C)(C)C)cc1)N1CCOCC1. The quantitative estimate of drug-likeness (QED) is 0.737. The second-order valence-electron chi connectivity index (χ2n) is 8.33. The third kappa shape index (κ3) is 6.60. The molecular weight excluding hydrogens is 344 g/mol. The van der Waals surface area contributed by atoms with Crippen LogP contribution in [0.2, 0.25) is 0 Å². The molecule has 0 radical (unpaired) electrons. The molecule has 1 unspecified atom stereocenters. The summed E-state index contributed by atoms with van der Waals surface area (Å²) in [6.07, 6.45) is 0. The predicted molar refractivity (Wildman–Crippen MR) is 110 cm³/mol. The van der Waals surface area contributed by atoms with E-state index in [2.05, 4.69) is 69.1 Å². The molecule has 1 heterocycles. The Hall–Kier alpha value is -1.04. The number of benzene rings is 1. The van der Waals surface area contributed by atoms with Gasteiger partial charge >= 0.3 is 0 Å². The second-order valence-corrected chi connectivity index (χ2v) is 9.38. The summed E-state index contributed by atoms with van der Waals surface area (Å²) in [5, 5.41) is 3.13. The number of carbonyl (C=O) groups is 1. The summed E-state index contributed by atoms with van der Waals surface area (Å²) in [5.41, 5.74) is 1.47. The number of hydrogen-bond donors (Lipinski definition) is 1. The molecule has 4 nitrogen and oxygen atoms in total. The average molecular weight is 379 g/mol. The van der Waals surface area contributed by atoms with Crippen LogP contribution in [0, 0.1) is 5.92 Å². The van der Waals surface area contributed by atoms with Crippen LogP contribution in [-0.4, -0.2) is 55.4 Å². The topological polar surface area (TPSA) is 41.6 Å². The molecule has 5 heteroatoms. The van der Waals surface area contributed by atoms with Gasteiger partial charge in [-0.05, 0) is 29.0 Å². The summed E-state index contributed by atoms with van der Waals surface area (Å²) in [7, 11) is 0. The molecule has 1 aromatic carbocycles. The molecule has 0 aromatic heterocycles. The monoisotopic (exact) mass is 378 g/mol. The van der Waals surface area contributed by atoms with Crippen LogP contribution in [0.3, 0.4) is 0 Å². The van der Waals surface area contributed by atoms with E-state index in [1.807, 2.05) is 0 Å². The van der Waals surface area contributed by atoms with Crippen molar-refractivity contribution >= 4 is 17.7 Å². The third-order valence-electron chi connectivity index (χ3n) is 4.88. The fraction of sp³-hybridized carbons (Fsp3) is 0.667. The number of hydrogen-bond acceptors (Lipinski definition) is 4. The lowest BCUT2D eigenvalue weighted by Crippen LogP contribution is -2.51. The molecule has 1 N–H and O–H groups in total. The summed E-state index contributed by atoms with van der Waals surface area (Å²) < 4.78 is 5.44. The summed E-state index contributed by atoms with van der Waals surface area (Å²) in [4.78, 5) is 15.9. The van der Waals surface area contributed by atoms with Gasteiger partial charge in [0.05, 0.1) is 19.0 Å². The number of morpholine rings is 1. The Morgan fingerprint density at radius 2 is 1.81 bits per heavy atom. The first-order chi connectivity index (χ1) is 12.3. The van der Waals surface area contributed by atoms with Crippen LogP contribution in [0.25, 0.3) is 0 Å². The van der Waals surface area contributed by atoms with E-state index in [9.17, 15) is 4.79 Å². The molecule has 2 rings (SSSR count). The van der Waals surface area contributed by atoms with Crippen LogP contribution in [0.1, 0.15) is 40.2 Å². The Balaban J connectivity index is 1.78. The van der Waals surface area contributed by atoms with Gasteiger partial charge in [0.15, 0.2) is 0 Å². The van der Waals surface area contributed by atoms with E-state index in [0.29, 0.717) is 24.3 Å². The molecular formula is C21H34N2O2S. The lowest BCUT2D eigenvalue weighted by molar-refractivity contribution is -0.119. The normalized spacial score (nSPS) is 17.3. The van der Waals surface area contributed by atoms with Crippen LogP contribution in [0.5, 0.6) is 0 Å². The zero-order valence-electron chi connectivity index (χ0n) is 16.9. The maximum Gasteiger partial charge on any atom is 0.230 e. The number of nitrogens with one attached hydrogen (secondary N) is 1. The molecule has 0 bridgehead atoms. The van der Waals surface area contributed by atoms with Crippen LogP contribution in [-0.2, 0) is 14.9 Å². The molecule has 0 aliphatic carbocycles. The highest BCUT2D eigenvalue weighted by molar-refractivity contribution is 8.00. The fourth-order valence-electron chi connectivity index (χ4n) is 3.17. The van der Waals surface area contributed by atoms with E-state index in [0.717, 1.165) is 31.2 Å². The van der Waals surface area contributed by atoms with Gasteiger partial charge in [-0.15, -0.1) is 11.8 Å². The van der Waals surface area contributed by atoms with Crippen molar-refractivity contribution in [2.45, 2.75) is 51.0 Å². The minimum absolute atomic E-state index is 0.105. The van der Waals surface area contributed by atoms with Crippen molar-refractivity contribution < 1.29 is 9.53 Å². The first kappa shape index (κ1) is 21.3. The van der Waals surface area contributed by atoms with Gasteiger partial charge < -0.3 is 10.1 Å². The van der Waals surface area contributed by atoms with Gasteiger partial charge in [-0.25, -0.2) is 0 Å². The molecule has 1 aromatic rings. The van der Waals surface area contributed by atoms with Crippen molar-refractivity contribution in [1.29, 1.82) is 0 Å². The highest BCUT2D eigenvalue weighted by Crippen LogP contribution is 2.25. The minimum Gasteiger partial charge on any atom is -0.379 e. The summed E-state index contributed by atoms with van der Waals surface area (Å²) in [5.74, 6) is 1.07. The molecule has 1 aliphatic heterocycles. The Kier molecular flexibility index (Phi) is 7.99. The molecule has 26 heavy (non-hydrogen) atoms. The summed E-state index contributed by atoms with van der Waals surface area (Å²) in [6, 6.07) is 8.92. The maximum absolute atomic E-state index is 12.3. The lowest BCUT2D eigenvalue weighted by Gasteiger charge is -2.36. The van der Waals surface area contributed by atoms with E-state index in [4.69, 9.17) is 4.74 Å². The summed E-state index contributed by atoms with van der Waals surface area (Å²) in [6.45, 7) is 15.3.